The third-order valence-electron chi connectivity index (χ3n) is 2.63. The summed E-state index contributed by atoms with van der Waals surface area (Å²) in [6, 6.07) is 6.05. The second kappa shape index (κ2) is 9.00. The van der Waals surface area contributed by atoms with E-state index in [0.29, 0.717) is 10.3 Å². The average molecular weight is 385 g/mol. The van der Waals surface area contributed by atoms with Crippen molar-refractivity contribution in [3.05, 3.63) is 34.4 Å². The monoisotopic (exact) mass is 384 g/mol. The zero-order valence-corrected chi connectivity index (χ0v) is 15.5. The van der Waals surface area contributed by atoms with Crippen LogP contribution in [0.3, 0.4) is 0 Å². The van der Waals surface area contributed by atoms with Gasteiger partial charge in [0.25, 0.3) is 5.69 Å². The Morgan fingerprint density at radius 2 is 1.96 bits per heavy atom. The first-order chi connectivity index (χ1) is 11.5. The Balaban J connectivity index is 1.87. The highest BCUT2D eigenvalue weighted by molar-refractivity contribution is 8.03. The van der Waals surface area contributed by atoms with Crippen molar-refractivity contribution < 1.29 is 9.72 Å². The summed E-state index contributed by atoms with van der Waals surface area (Å²) >= 11 is 4.36. The molecule has 0 spiro atoms. The molecule has 0 fully saturated rings. The zero-order valence-electron chi connectivity index (χ0n) is 13.1. The predicted octanol–water partition coefficient (Wildman–Crippen LogP) is 3.93. The summed E-state index contributed by atoms with van der Waals surface area (Å²) in [5, 5.41) is 21.6. The molecule has 0 unspecified atom stereocenters. The fraction of sp³-hybridized carbons (Fsp3) is 0.357. The largest absolute Gasteiger partial charge is 0.320 e. The third kappa shape index (κ3) is 5.77. The van der Waals surface area contributed by atoms with Crippen molar-refractivity contribution in [3.8, 4) is 0 Å². The number of anilines is 1. The number of aromatic nitrogens is 2. The summed E-state index contributed by atoms with van der Waals surface area (Å²) < 4.78 is 1.59. The van der Waals surface area contributed by atoms with Crippen LogP contribution in [-0.2, 0) is 4.79 Å². The number of amides is 1. The Morgan fingerprint density at radius 1 is 1.29 bits per heavy atom. The number of rotatable bonds is 8. The van der Waals surface area contributed by atoms with E-state index < -0.39 is 4.92 Å². The molecule has 0 aliphatic carbocycles. The van der Waals surface area contributed by atoms with E-state index in [1.807, 2.05) is 0 Å². The highest BCUT2D eigenvalue weighted by atomic mass is 32.2. The molecule has 1 N–H and O–H groups in total. The van der Waals surface area contributed by atoms with Gasteiger partial charge in [-0.25, -0.2) is 0 Å². The van der Waals surface area contributed by atoms with Gasteiger partial charge in [0, 0.05) is 11.8 Å². The van der Waals surface area contributed by atoms with Gasteiger partial charge in [0.1, 0.15) is 5.69 Å². The lowest BCUT2D eigenvalue weighted by Gasteiger charge is -2.04. The molecule has 0 atom stereocenters. The molecule has 0 aliphatic heterocycles. The van der Waals surface area contributed by atoms with Gasteiger partial charge in [-0.2, -0.15) is 0 Å². The molecule has 10 heteroatoms. The molecule has 0 aliphatic rings. The fourth-order valence-electron chi connectivity index (χ4n) is 1.60. The normalized spacial score (nSPS) is 10.8. The summed E-state index contributed by atoms with van der Waals surface area (Å²) in [7, 11) is 0. The first-order valence-electron chi connectivity index (χ1n) is 7.08. The first kappa shape index (κ1) is 18.7. The number of benzene rings is 1. The van der Waals surface area contributed by atoms with Crippen LogP contribution >= 0.6 is 34.9 Å². The van der Waals surface area contributed by atoms with Gasteiger partial charge in [0.2, 0.25) is 5.91 Å². The SMILES string of the molecule is CC(C)CSc1nnc(SCC(=O)Nc2ccccc2[N+](=O)[O-])s1. The molecule has 24 heavy (non-hydrogen) atoms. The Bertz CT molecular complexity index is 721. The second-order valence-electron chi connectivity index (χ2n) is 5.15. The Kier molecular flexibility index (Phi) is 7.00. The number of hydrogen-bond acceptors (Lipinski definition) is 8. The van der Waals surface area contributed by atoms with Crippen LogP contribution in [0.15, 0.2) is 32.9 Å². The molecule has 0 saturated carbocycles. The van der Waals surface area contributed by atoms with Crippen molar-refractivity contribution in [1.82, 2.24) is 10.2 Å². The average Bonchev–Trinajstić information content (AvgIpc) is 2.99. The minimum atomic E-state index is -0.522. The highest BCUT2D eigenvalue weighted by Gasteiger charge is 2.15. The van der Waals surface area contributed by atoms with Crippen LogP contribution in [0.25, 0.3) is 0 Å². The summed E-state index contributed by atoms with van der Waals surface area (Å²) in [6.45, 7) is 4.27. The first-order valence-corrected chi connectivity index (χ1v) is 9.87. The van der Waals surface area contributed by atoms with Gasteiger partial charge in [0.05, 0.1) is 10.7 Å². The van der Waals surface area contributed by atoms with Gasteiger partial charge >= 0.3 is 0 Å². The number of nitro benzene ring substituents is 1. The maximum absolute atomic E-state index is 12.0. The topological polar surface area (TPSA) is 98.0 Å². The maximum atomic E-state index is 12.0. The number of para-hydroxylation sites is 2. The molecule has 7 nitrogen and oxygen atoms in total. The molecule has 0 bridgehead atoms. The van der Waals surface area contributed by atoms with Crippen molar-refractivity contribution >= 4 is 52.1 Å². The van der Waals surface area contributed by atoms with Crippen LogP contribution < -0.4 is 5.32 Å². The predicted molar refractivity (Wildman–Crippen MR) is 97.9 cm³/mol. The van der Waals surface area contributed by atoms with Crippen LogP contribution in [0.2, 0.25) is 0 Å². The van der Waals surface area contributed by atoms with Crippen molar-refractivity contribution in [1.29, 1.82) is 0 Å². The number of thioether (sulfide) groups is 2. The lowest BCUT2D eigenvalue weighted by molar-refractivity contribution is -0.383. The van der Waals surface area contributed by atoms with E-state index in [0.717, 1.165) is 10.1 Å². The molecule has 1 aromatic carbocycles. The van der Waals surface area contributed by atoms with E-state index in [1.165, 1.54) is 35.2 Å². The van der Waals surface area contributed by atoms with Crippen LogP contribution in [0.5, 0.6) is 0 Å². The number of nitrogens with one attached hydrogen (secondary N) is 1. The fourth-order valence-corrected chi connectivity index (χ4v) is 4.40. The third-order valence-corrected chi connectivity index (χ3v) is 6.25. The molecule has 0 radical (unpaired) electrons. The van der Waals surface area contributed by atoms with Crippen LogP contribution in [0, 0.1) is 16.0 Å². The van der Waals surface area contributed by atoms with Gasteiger partial charge in [-0.15, -0.1) is 10.2 Å². The number of carbonyl (C=O) groups excluding carboxylic acids is 1. The Morgan fingerprint density at radius 3 is 2.62 bits per heavy atom. The molecule has 1 aromatic heterocycles. The molecule has 2 rings (SSSR count). The van der Waals surface area contributed by atoms with E-state index in [2.05, 4.69) is 29.4 Å². The summed E-state index contributed by atoms with van der Waals surface area (Å²) in [5.41, 5.74) is 0.0673. The van der Waals surface area contributed by atoms with Crippen LogP contribution in [-0.4, -0.2) is 32.5 Å². The van der Waals surface area contributed by atoms with Gasteiger partial charge in [0.15, 0.2) is 8.68 Å². The molecule has 2 aromatic rings. The van der Waals surface area contributed by atoms with Crippen molar-refractivity contribution in [2.45, 2.75) is 22.5 Å². The lowest BCUT2D eigenvalue weighted by atomic mass is 10.2. The zero-order chi connectivity index (χ0) is 17.5. The number of nitrogens with zero attached hydrogens (tertiary/aromatic N) is 3. The van der Waals surface area contributed by atoms with Crippen LogP contribution in [0.4, 0.5) is 11.4 Å². The van der Waals surface area contributed by atoms with Crippen LogP contribution in [0.1, 0.15) is 13.8 Å². The summed E-state index contributed by atoms with van der Waals surface area (Å²) in [4.78, 5) is 22.4. The number of carbonyl (C=O) groups is 1. The van der Waals surface area contributed by atoms with Gasteiger partial charge in [-0.3, -0.25) is 14.9 Å². The summed E-state index contributed by atoms with van der Waals surface area (Å²) in [5.74, 6) is 1.34. The van der Waals surface area contributed by atoms with Crippen molar-refractivity contribution in [2.75, 3.05) is 16.8 Å². The Labute approximate surface area is 151 Å². The van der Waals surface area contributed by atoms with E-state index in [4.69, 9.17) is 0 Å². The molecule has 1 heterocycles. The molecule has 0 saturated heterocycles. The molecular formula is C14H16N4O3S3. The van der Waals surface area contributed by atoms with Gasteiger partial charge in [-0.05, 0) is 12.0 Å². The molecule has 128 valence electrons. The number of hydrogen-bond donors (Lipinski definition) is 1. The summed E-state index contributed by atoms with van der Waals surface area (Å²) in [6.07, 6.45) is 0. The quantitative estimate of drug-likeness (QED) is 0.418. The smallest absolute Gasteiger partial charge is 0.292 e. The van der Waals surface area contributed by atoms with E-state index in [9.17, 15) is 14.9 Å². The minimum Gasteiger partial charge on any atom is -0.320 e. The van der Waals surface area contributed by atoms with E-state index in [-0.39, 0.29) is 23.0 Å². The van der Waals surface area contributed by atoms with Crippen molar-refractivity contribution in [2.24, 2.45) is 5.92 Å². The van der Waals surface area contributed by atoms with Gasteiger partial charge < -0.3 is 5.32 Å². The van der Waals surface area contributed by atoms with E-state index in [1.54, 1.807) is 23.9 Å². The minimum absolute atomic E-state index is 0.121. The van der Waals surface area contributed by atoms with Gasteiger partial charge in [-0.1, -0.05) is 60.8 Å². The van der Waals surface area contributed by atoms with E-state index >= 15 is 0 Å². The maximum Gasteiger partial charge on any atom is 0.292 e. The molecular weight excluding hydrogens is 368 g/mol. The second-order valence-corrected chi connectivity index (χ2v) is 8.62. The van der Waals surface area contributed by atoms with Crippen molar-refractivity contribution in [3.63, 3.8) is 0 Å². The lowest BCUT2D eigenvalue weighted by Crippen LogP contribution is -2.15. The standard InChI is InChI=1S/C14H16N4O3S3/c1-9(2)7-22-13-16-17-14(24-13)23-8-12(19)15-10-5-3-4-6-11(10)18(20)21/h3-6,9H,7-8H2,1-2H3,(H,15,19). The highest BCUT2D eigenvalue weighted by Crippen LogP contribution is 2.30. The molecule has 1 amide bonds. The number of nitro groups is 1. The Hall–Kier alpha value is -1.65.